The third-order valence-corrected chi connectivity index (χ3v) is 3.45. The van der Waals surface area contributed by atoms with E-state index in [0.29, 0.717) is 25.7 Å². The van der Waals surface area contributed by atoms with E-state index in [-0.39, 0.29) is 12.5 Å². The van der Waals surface area contributed by atoms with Crippen molar-refractivity contribution >= 4 is 5.91 Å². The molecule has 0 radical (unpaired) electrons. The molecule has 112 valence electrons. The SMILES string of the molecule is CCOCCNC(=O)Cn1ccc([C@@H]2CCCNC2)n1. The largest absolute Gasteiger partial charge is 0.380 e. The number of nitrogens with one attached hydrogen (secondary N) is 2. The number of hydrogen-bond acceptors (Lipinski definition) is 4. The maximum atomic E-state index is 11.7. The minimum atomic E-state index is -0.0267. The fourth-order valence-electron chi connectivity index (χ4n) is 2.40. The number of rotatable bonds is 7. The summed E-state index contributed by atoms with van der Waals surface area (Å²) in [6.07, 6.45) is 4.24. The van der Waals surface area contributed by atoms with Crippen LogP contribution in [0.15, 0.2) is 12.3 Å². The molecule has 1 amide bonds. The number of carbonyl (C=O) groups is 1. The molecule has 0 spiro atoms. The molecule has 0 saturated carbocycles. The van der Waals surface area contributed by atoms with Gasteiger partial charge in [0.1, 0.15) is 6.54 Å². The molecule has 1 atom stereocenters. The first kappa shape index (κ1) is 15.0. The van der Waals surface area contributed by atoms with Crippen LogP contribution in [0.4, 0.5) is 0 Å². The van der Waals surface area contributed by atoms with Crippen molar-refractivity contribution < 1.29 is 9.53 Å². The highest BCUT2D eigenvalue weighted by Gasteiger charge is 2.17. The fourth-order valence-corrected chi connectivity index (χ4v) is 2.40. The Morgan fingerprint density at radius 2 is 2.55 bits per heavy atom. The fraction of sp³-hybridized carbons (Fsp3) is 0.714. The van der Waals surface area contributed by atoms with Gasteiger partial charge in [0, 0.05) is 31.8 Å². The normalized spacial score (nSPS) is 18.9. The predicted molar refractivity (Wildman–Crippen MR) is 76.6 cm³/mol. The highest BCUT2D eigenvalue weighted by Crippen LogP contribution is 2.21. The van der Waals surface area contributed by atoms with Crippen LogP contribution in [-0.2, 0) is 16.1 Å². The van der Waals surface area contributed by atoms with Crippen LogP contribution in [0.5, 0.6) is 0 Å². The number of nitrogens with zero attached hydrogens (tertiary/aromatic N) is 2. The maximum Gasteiger partial charge on any atom is 0.241 e. The maximum absolute atomic E-state index is 11.7. The van der Waals surface area contributed by atoms with Crippen LogP contribution in [0.2, 0.25) is 0 Å². The van der Waals surface area contributed by atoms with Crippen molar-refractivity contribution in [1.29, 1.82) is 0 Å². The van der Waals surface area contributed by atoms with E-state index < -0.39 is 0 Å². The molecule has 1 saturated heterocycles. The van der Waals surface area contributed by atoms with Crippen LogP contribution in [0.3, 0.4) is 0 Å². The molecular weight excluding hydrogens is 256 g/mol. The zero-order valence-electron chi connectivity index (χ0n) is 12.1. The van der Waals surface area contributed by atoms with Crippen molar-refractivity contribution in [3.05, 3.63) is 18.0 Å². The third-order valence-electron chi connectivity index (χ3n) is 3.45. The number of hydrogen-bond donors (Lipinski definition) is 2. The van der Waals surface area contributed by atoms with E-state index in [9.17, 15) is 4.79 Å². The number of piperidine rings is 1. The third kappa shape index (κ3) is 4.61. The zero-order valence-corrected chi connectivity index (χ0v) is 12.1. The van der Waals surface area contributed by atoms with Gasteiger partial charge < -0.3 is 15.4 Å². The Labute approximate surface area is 119 Å². The van der Waals surface area contributed by atoms with Crippen LogP contribution in [0.1, 0.15) is 31.4 Å². The van der Waals surface area contributed by atoms with Crippen molar-refractivity contribution in [3.63, 3.8) is 0 Å². The van der Waals surface area contributed by atoms with E-state index in [1.54, 1.807) is 4.68 Å². The second kappa shape index (κ2) is 8.01. The Hall–Kier alpha value is -1.40. The lowest BCUT2D eigenvalue weighted by molar-refractivity contribution is -0.122. The van der Waals surface area contributed by atoms with Gasteiger partial charge in [-0.25, -0.2) is 0 Å². The summed E-state index contributed by atoms with van der Waals surface area (Å²) in [5.41, 5.74) is 1.08. The summed E-state index contributed by atoms with van der Waals surface area (Å²) in [6.45, 7) is 6.07. The Morgan fingerprint density at radius 3 is 3.30 bits per heavy atom. The molecule has 0 unspecified atom stereocenters. The molecule has 20 heavy (non-hydrogen) atoms. The predicted octanol–water partition coefficient (Wildman–Crippen LogP) is 0.503. The minimum Gasteiger partial charge on any atom is -0.380 e. The lowest BCUT2D eigenvalue weighted by atomic mass is 9.97. The molecular formula is C14H24N4O2. The zero-order chi connectivity index (χ0) is 14.2. The summed E-state index contributed by atoms with van der Waals surface area (Å²) < 4.78 is 6.88. The smallest absolute Gasteiger partial charge is 0.241 e. The van der Waals surface area contributed by atoms with Crippen LogP contribution in [-0.4, -0.2) is 48.5 Å². The van der Waals surface area contributed by atoms with E-state index in [2.05, 4.69) is 15.7 Å². The number of carbonyl (C=O) groups excluding carboxylic acids is 1. The van der Waals surface area contributed by atoms with Crippen LogP contribution < -0.4 is 10.6 Å². The summed E-state index contributed by atoms with van der Waals surface area (Å²) in [5, 5.41) is 10.7. The summed E-state index contributed by atoms with van der Waals surface area (Å²) in [6, 6.07) is 2.02. The Morgan fingerprint density at radius 1 is 1.65 bits per heavy atom. The van der Waals surface area contributed by atoms with Gasteiger partial charge in [-0.15, -0.1) is 0 Å². The Kier molecular flexibility index (Phi) is 6.01. The van der Waals surface area contributed by atoms with Gasteiger partial charge in [0.25, 0.3) is 0 Å². The van der Waals surface area contributed by atoms with E-state index in [1.807, 2.05) is 19.2 Å². The van der Waals surface area contributed by atoms with Gasteiger partial charge in [-0.1, -0.05) is 0 Å². The monoisotopic (exact) mass is 280 g/mol. The summed E-state index contributed by atoms with van der Waals surface area (Å²) in [5.74, 6) is 0.451. The van der Waals surface area contributed by atoms with Crippen LogP contribution in [0.25, 0.3) is 0 Å². The van der Waals surface area contributed by atoms with Crippen molar-refractivity contribution in [2.45, 2.75) is 32.2 Å². The quantitative estimate of drug-likeness (QED) is 0.714. The van der Waals surface area contributed by atoms with Crippen LogP contribution in [0, 0.1) is 0 Å². The molecule has 6 heteroatoms. The van der Waals surface area contributed by atoms with E-state index in [1.165, 1.54) is 12.8 Å². The molecule has 2 N–H and O–H groups in total. The first-order valence-corrected chi connectivity index (χ1v) is 7.38. The molecule has 0 aliphatic carbocycles. The summed E-state index contributed by atoms with van der Waals surface area (Å²) in [7, 11) is 0. The molecule has 1 aromatic heterocycles. The average Bonchev–Trinajstić information content (AvgIpc) is 2.93. The standard InChI is InChI=1S/C14H24N4O2/c1-2-20-9-7-16-14(19)11-18-8-5-13(17-18)12-4-3-6-15-10-12/h5,8,12,15H,2-4,6-7,9-11H2,1H3,(H,16,19)/t12-/m1/s1. The van der Waals surface area contributed by atoms with Gasteiger partial charge in [-0.05, 0) is 32.4 Å². The van der Waals surface area contributed by atoms with Gasteiger partial charge >= 0.3 is 0 Å². The molecule has 1 aliphatic heterocycles. The van der Waals surface area contributed by atoms with E-state index >= 15 is 0 Å². The second-order valence-electron chi connectivity index (χ2n) is 5.03. The average molecular weight is 280 g/mol. The van der Waals surface area contributed by atoms with Gasteiger partial charge in [0.15, 0.2) is 0 Å². The highest BCUT2D eigenvalue weighted by atomic mass is 16.5. The van der Waals surface area contributed by atoms with Gasteiger partial charge in [0.05, 0.1) is 12.3 Å². The van der Waals surface area contributed by atoms with Gasteiger partial charge in [-0.2, -0.15) is 5.10 Å². The molecule has 2 heterocycles. The summed E-state index contributed by atoms with van der Waals surface area (Å²) in [4.78, 5) is 11.7. The summed E-state index contributed by atoms with van der Waals surface area (Å²) >= 11 is 0. The number of aromatic nitrogens is 2. The van der Waals surface area contributed by atoms with E-state index in [0.717, 1.165) is 18.8 Å². The first-order valence-electron chi connectivity index (χ1n) is 7.38. The molecule has 1 aromatic rings. The number of ether oxygens (including phenoxy) is 1. The molecule has 0 bridgehead atoms. The van der Waals surface area contributed by atoms with E-state index in [4.69, 9.17) is 4.74 Å². The van der Waals surface area contributed by atoms with Crippen molar-refractivity contribution in [2.24, 2.45) is 0 Å². The lowest BCUT2D eigenvalue weighted by Gasteiger charge is -2.20. The van der Waals surface area contributed by atoms with Crippen molar-refractivity contribution in [2.75, 3.05) is 32.8 Å². The van der Waals surface area contributed by atoms with Crippen LogP contribution >= 0.6 is 0 Å². The molecule has 1 aliphatic rings. The first-order chi connectivity index (χ1) is 9.79. The van der Waals surface area contributed by atoms with Crippen molar-refractivity contribution in [3.8, 4) is 0 Å². The van der Waals surface area contributed by atoms with Crippen molar-refractivity contribution in [1.82, 2.24) is 20.4 Å². The van der Waals surface area contributed by atoms with Gasteiger partial charge in [-0.3, -0.25) is 9.48 Å². The molecule has 2 rings (SSSR count). The topological polar surface area (TPSA) is 68.2 Å². The van der Waals surface area contributed by atoms with Gasteiger partial charge in [0.2, 0.25) is 5.91 Å². The molecule has 0 aromatic carbocycles. The second-order valence-corrected chi connectivity index (χ2v) is 5.03. The highest BCUT2D eigenvalue weighted by molar-refractivity contribution is 5.75. The lowest BCUT2D eigenvalue weighted by Crippen LogP contribution is -2.31. The Balaban J connectivity index is 1.75. The number of amides is 1. The molecule has 6 nitrogen and oxygen atoms in total. The Bertz CT molecular complexity index is 413. The minimum absolute atomic E-state index is 0.0267. The molecule has 1 fully saturated rings.